The lowest BCUT2D eigenvalue weighted by Gasteiger charge is -2.15. The fourth-order valence-electron chi connectivity index (χ4n) is 1.43. The zero-order valence-electron chi connectivity index (χ0n) is 9.27. The molecule has 0 aliphatic carbocycles. The molecule has 0 aromatic heterocycles. The van der Waals surface area contributed by atoms with E-state index in [1.165, 1.54) is 0 Å². The summed E-state index contributed by atoms with van der Waals surface area (Å²) in [7, 11) is 1.63. The molecular formula is C12H18O3. The van der Waals surface area contributed by atoms with Gasteiger partial charge in [-0.3, -0.25) is 0 Å². The number of benzene rings is 1. The maximum atomic E-state index is 9.90. The summed E-state index contributed by atoms with van der Waals surface area (Å²) in [5.74, 6) is 0.753. The summed E-state index contributed by atoms with van der Waals surface area (Å²) < 4.78 is 10.4. The van der Waals surface area contributed by atoms with Crippen molar-refractivity contribution >= 4 is 0 Å². The summed E-state index contributed by atoms with van der Waals surface area (Å²) in [6.07, 6.45) is 0.0633. The minimum Gasteiger partial charge on any atom is -0.493 e. The molecule has 0 spiro atoms. The quantitative estimate of drug-likeness (QED) is 0.782. The molecule has 1 atom stereocenters. The first-order valence-electron chi connectivity index (χ1n) is 5.18. The number of rotatable bonds is 6. The van der Waals surface area contributed by atoms with Crippen molar-refractivity contribution < 1.29 is 14.6 Å². The van der Waals surface area contributed by atoms with E-state index in [-0.39, 0.29) is 0 Å². The Kier molecular flexibility index (Phi) is 5.15. The summed E-state index contributed by atoms with van der Waals surface area (Å²) in [6, 6.07) is 7.55. The lowest BCUT2D eigenvalue weighted by molar-refractivity contribution is 0.108. The lowest BCUT2D eigenvalue weighted by Crippen LogP contribution is -2.05. The number of ether oxygens (including phenoxy) is 2. The van der Waals surface area contributed by atoms with Gasteiger partial charge < -0.3 is 14.6 Å². The molecule has 0 radical (unpaired) electrons. The Labute approximate surface area is 90.6 Å². The van der Waals surface area contributed by atoms with E-state index < -0.39 is 6.10 Å². The van der Waals surface area contributed by atoms with Gasteiger partial charge >= 0.3 is 0 Å². The first kappa shape index (κ1) is 12.0. The molecule has 0 heterocycles. The van der Waals surface area contributed by atoms with Gasteiger partial charge in [0.1, 0.15) is 5.75 Å². The molecule has 0 bridgehead atoms. The highest BCUT2D eigenvalue weighted by molar-refractivity contribution is 5.34. The van der Waals surface area contributed by atoms with E-state index in [0.29, 0.717) is 19.6 Å². The van der Waals surface area contributed by atoms with Gasteiger partial charge in [-0.1, -0.05) is 18.2 Å². The molecule has 3 heteroatoms. The zero-order valence-corrected chi connectivity index (χ0v) is 9.27. The lowest BCUT2D eigenvalue weighted by atomic mass is 10.1. The Morgan fingerprint density at radius 3 is 2.73 bits per heavy atom. The number of aliphatic hydroxyl groups is 1. The molecule has 15 heavy (non-hydrogen) atoms. The molecule has 1 aromatic rings. The van der Waals surface area contributed by atoms with Crippen LogP contribution in [-0.4, -0.2) is 25.4 Å². The average Bonchev–Trinajstić information content (AvgIpc) is 2.27. The molecule has 1 aromatic carbocycles. The number of hydrogen-bond donors (Lipinski definition) is 1. The summed E-state index contributed by atoms with van der Waals surface area (Å²) >= 11 is 0. The summed E-state index contributed by atoms with van der Waals surface area (Å²) in [5.41, 5.74) is 0.830. The highest BCUT2D eigenvalue weighted by Gasteiger charge is 2.12. The third kappa shape index (κ3) is 3.53. The van der Waals surface area contributed by atoms with E-state index in [0.717, 1.165) is 11.3 Å². The van der Waals surface area contributed by atoms with E-state index in [2.05, 4.69) is 0 Å². The van der Waals surface area contributed by atoms with Crippen LogP contribution >= 0.6 is 0 Å². The third-order valence-corrected chi connectivity index (χ3v) is 2.17. The Morgan fingerprint density at radius 2 is 2.07 bits per heavy atom. The highest BCUT2D eigenvalue weighted by atomic mass is 16.5. The summed E-state index contributed by atoms with van der Waals surface area (Å²) in [6.45, 7) is 3.08. The number of hydrogen-bond acceptors (Lipinski definition) is 3. The third-order valence-electron chi connectivity index (χ3n) is 2.17. The zero-order chi connectivity index (χ0) is 11.1. The largest absolute Gasteiger partial charge is 0.493 e. The van der Waals surface area contributed by atoms with Gasteiger partial charge in [-0.25, -0.2) is 0 Å². The van der Waals surface area contributed by atoms with Crippen molar-refractivity contribution in [3.63, 3.8) is 0 Å². The van der Waals surface area contributed by atoms with Crippen molar-refractivity contribution in [3.05, 3.63) is 29.8 Å². The van der Waals surface area contributed by atoms with Crippen LogP contribution < -0.4 is 4.74 Å². The van der Waals surface area contributed by atoms with Gasteiger partial charge in [0.05, 0.1) is 12.7 Å². The van der Waals surface area contributed by atoms with Gasteiger partial charge in [-0.2, -0.15) is 0 Å². The second-order valence-electron chi connectivity index (χ2n) is 3.27. The molecule has 0 saturated heterocycles. The fraction of sp³-hybridized carbons (Fsp3) is 0.500. The molecular weight excluding hydrogens is 192 g/mol. The first-order valence-corrected chi connectivity index (χ1v) is 5.18. The minimum atomic E-state index is -0.521. The summed E-state index contributed by atoms with van der Waals surface area (Å²) in [4.78, 5) is 0. The fourth-order valence-corrected chi connectivity index (χ4v) is 1.43. The van der Waals surface area contributed by atoms with Crippen molar-refractivity contribution in [2.45, 2.75) is 19.4 Å². The smallest absolute Gasteiger partial charge is 0.125 e. The predicted molar refractivity (Wildman–Crippen MR) is 59.1 cm³/mol. The first-order chi connectivity index (χ1) is 7.29. The molecule has 0 amide bonds. The molecule has 1 unspecified atom stereocenters. The van der Waals surface area contributed by atoms with Crippen LogP contribution in [0.1, 0.15) is 25.0 Å². The molecule has 3 nitrogen and oxygen atoms in total. The molecule has 84 valence electrons. The van der Waals surface area contributed by atoms with Gasteiger partial charge in [0.15, 0.2) is 0 Å². The van der Waals surface area contributed by atoms with Crippen molar-refractivity contribution in [3.8, 4) is 5.75 Å². The standard InChI is InChI=1S/C12H18O3/c1-3-15-12-7-5-4-6-10(12)11(13)8-9-14-2/h4-7,11,13H,3,8-9H2,1-2H3. The van der Waals surface area contributed by atoms with Crippen LogP contribution in [0.5, 0.6) is 5.75 Å². The molecule has 1 rings (SSSR count). The van der Waals surface area contributed by atoms with E-state index in [9.17, 15) is 5.11 Å². The van der Waals surface area contributed by atoms with E-state index >= 15 is 0 Å². The Bertz CT molecular complexity index is 286. The Morgan fingerprint density at radius 1 is 1.33 bits per heavy atom. The van der Waals surface area contributed by atoms with Crippen LogP contribution in [0.25, 0.3) is 0 Å². The van der Waals surface area contributed by atoms with Crippen LogP contribution in [0.2, 0.25) is 0 Å². The number of para-hydroxylation sites is 1. The Balaban J connectivity index is 2.72. The van der Waals surface area contributed by atoms with Crippen molar-refractivity contribution in [2.24, 2.45) is 0 Å². The second-order valence-corrected chi connectivity index (χ2v) is 3.27. The van der Waals surface area contributed by atoms with Crippen LogP contribution in [0, 0.1) is 0 Å². The minimum absolute atomic E-state index is 0.521. The maximum Gasteiger partial charge on any atom is 0.125 e. The molecule has 0 aliphatic rings. The van der Waals surface area contributed by atoms with Crippen LogP contribution in [0.4, 0.5) is 0 Å². The number of aliphatic hydroxyl groups excluding tert-OH is 1. The topological polar surface area (TPSA) is 38.7 Å². The second kappa shape index (κ2) is 6.43. The van der Waals surface area contributed by atoms with Crippen LogP contribution in [0.15, 0.2) is 24.3 Å². The van der Waals surface area contributed by atoms with Gasteiger partial charge in [-0.15, -0.1) is 0 Å². The maximum absolute atomic E-state index is 9.90. The van der Waals surface area contributed by atoms with Crippen molar-refractivity contribution in [1.29, 1.82) is 0 Å². The molecule has 1 N–H and O–H groups in total. The molecule has 0 aliphatic heterocycles. The normalized spacial score (nSPS) is 12.5. The van der Waals surface area contributed by atoms with Gasteiger partial charge in [0.2, 0.25) is 0 Å². The van der Waals surface area contributed by atoms with E-state index in [1.54, 1.807) is 7.11 Å². The van der Waals surface area contributed by atoms with E-state index in [4.69, 9.17) is 9.47 Å². The van der Waals surface area contributed by atoms with Crippen molar-refractivity contribution in [2.75, 3.05) is 20.3 Å². The van der Waals surface area contributed by atoms with Gasteiger partial charge in [-0.05, 0) is 13.0 Å². The molecule has 0 fully saturated rings. The van der Waals surface area contributed by atoms with Crippen LogP contribution in [-0.2, 0) is 4.74 Å². The molecule has 0 saturated carbocycles. The van der Waals surface area contributed by atoms with Crippen LogP contribution in [0.3, 0.4) is 0 Å². The van der Waals surface area contributed by atoms with E-state index in [1.807, 2.05) is 31.2 Å². The van der Waals surface area contributed by atoms with Gasteiger partial charge in [0, 0.05) is 25.7 Å². The highest BCUT2D eigenvalue weighted by Crippen LogP contribution is 2.26. The van der Waals surface area contributed by atoms with Gasteiger partial charge in [0.25, 0.3) is 0 Å². The summed E-state index contributed by atoms with van der Waals surface area (Å²) in [5, 5.41) is 9.90. The monoisotopic (exact) mass is 210 g/mol. The predicted octanol–water partition coefficient (Wildman–Crippen LogP) is 2.16. The van der Waals surface area contributed by atoms with Crippen molar-refractivity contribution in [1.82, 2.24) is 0 Å². The SMILES string of the molecule is CCOc1ccccc1C(O)CCOC. The number of methoxy groups -OCH3 is 1. The average molecular weight is 210 g/mol. The Hall–Kier alpha value is -1.06.